The summed E-state index contributed by atoms with van der Waals surface area (Å²) in [7, 11) is 0. The molecule has 1 aliphatic heterocycles. The monoisotopic (exact) mass is 387 g/mol. The van der Waals surface area contributed by atoms with Gasteiger partial charge in [0.05, 0.1) is 5.69 Å². The maximum atomic E-state index is 13.0. The van der Waals surface area contributed by atoms with Crippen LogP contribution in [0.1, 0.15) is 25.1 Å². The average Bonchev–Trinajstić information content (AvgIpc) is 3.11. The minimum atomic E-state index is 0.0101. The van der Waals surface area contributed by atoms with Gasteiger partial charge in [-0.3, -0.25) is 19.3 Å². The summed E-state index contributed by atoms with van der Waals surface area (Å²) < 4.78 is 1.84. The molecule has 0 aromatic carbocycles. The Hall–Kier alpha value is -3.02. The van der Waals surface area contributed by atoms with Gasteiger partial charge in [0.1, 0.15) is 0 Å². The lowest BCUT2D eigenvalue weighted by atomic mass is 9.90. The second kappa shape index (κ2) is 6.79. The topological polar surface area (TPSA) is 63.9 Å². The van der Waals surface area contributed by atoms with Crippen LogP contribution in [0, 0.1) is 11.3 Å². The predicted octanol–water partition coefficient (Wildman–Crippen LogP) is 2.96. The molecule has 0 saturated carbocycles. The van der Waals surface area contributed by atoms with E-state index in [9.17, 15) is 4.79 Å². The van der Waals surface area contributed by atoms with Crippen molar-refractivity contribution in [1.82, 2.24) is 19.5 Å². The zero-order chi connectivity index (χ0) is 20.0. The molecule has 3 aromatic heterocycles. The fourth-order valence-electron chi connectivity index (χ4n) is 4.70. The fraction of sp³-hybridized carbons (Fsp3) is 0.391. The summed E-state index contributed by atoms with van der Waals surface area (Å²) in [6.07, 6.45) is 7.37. The van der Waals surface area contributed by atoms with E-state index in [2.05, 4.69) is 34.8 Å². The smallest absolute Gasteiger partial charge is 0.255 e. The Balaban J connectivity index is 1.51. The van der Waals surface area contributed by atoms with Crippen LogP contribution in [-0.4, -0.2) is 32.6 Å². The first kappa shape index (κ1) is 18.0. The number of rotatable bonds is 3. The van der Waals surface area contributed by atoms with Crippen molar-refractivity contribution in [1.29, 1.82) is 0 Å². The van der Waals surface area contributed by atoms with E-state index < -0.39 is 0 Å². The van der Waals surface area contributed by atoms with Crippen LogP contribution in [0.15, 0.2) is 53.7 Å². The summed E-state index contributed by atoms with van der Waals surface area (Å²) in [6.45, 7) is 6.90. The van der Waals surface area contributed by atoms with Gasteiger partial charge in [0, 0.05) is 61.0 Å². The fourth-order valence-corrected chi connectivity index (χ4v) is 4.70. The van der Waals surface area contributed by atoms with Crippen molar-refractivity contribution in [3.05, 3.63) is 70.5 Å². The van der Waals surface area contributed by atoms with Crippen molar-refractivity contribution in [2.45, 2.75) is 33.2 Å². The highest BCUT2D eigenvalue weighted by molar-refractivity contribution is 5.59. The van der Waals surface area contributed by atoms with Gasteiger partial charge in [-0.15, -0.1) is 0 Å². The molecule has 0 saturated heterocycles. The SMILES string of the molecule is CC1(C)CN(C[C@@H]2Cc3cccnc3C2)c2nc(-c3ccncc3)cc(=O)n2C1. The van der Waals surface area contributed by atoms with Gasteiger partial charge in [-0.2, -0.15) is 0 Å². The van der Waals surface area contributed by atoms with E-state index in [1.165, 1.54) is 11.3 Å². The van der Waals surface area contributed by atoms with Crippen molar-refractivity contribution in [3.63, 3.8) is 0 Å². The first-order valence-electron chi connectivity index (χ1n) is 10.2. The minimum Gasteiger partial charge on any atom is -0.341 e. The zero-order valence-corrected chi connectivity index (χ0v) is 16.9. The number of hydrogen-bond acceptors (Lipinski definition) is 5. The van der Waals surface area contributed by atoms with Crippen molar-refractivity contribution in [2.75, 3.05) is 18.0 Å². The summed E-state index contributed by atoms with van der Waals surface area (Å²) in [4.78, 5) is 28.8. The molecule has 1 atom stereocenters. The molecule has 0 spiro atoms. The number of fused-ring (bicyclic) bond motifs is 2. The van der Waals surface area contributed by atoms with Crippen LogP contribution >= 0.6 is 0 Å². The van der Waals surface area contributed by atoms with Crippen LogP contribution in [0.5, 0.6) is 0 Å². The number of pyridine rings is 2. The van der Waals surface area contributed by atoms with Crippen LogP contribution in [0.2, 0.25) is 0 Å². The standard InChI is InChI=1S/C23H25N5O/c1-23(2)14-27(13-16-10-18-4-3-7-25-19(18)11-16)22-26-20(12-21(29)28(22)15-23)17-5-8-24-9-6-17/h3-9,12,16H,10-11,13-15H2,1-2H3/t16-/m1/s1. The maximum Gasteiger partial charge on any atom is 0.255 e. The third-order valence-electron chi connectivity index (χ3n) is 5.91. The summed E-state index contributed by atoms with van der Waals surface area (Å²) in [5.41, 5.74) is 4.22. The molecule has 6 heteroatoms. The molecule has 0 amide bonds. The maximum absolute atomic E-state index is 13.0. The van der Waals surface area contributed by atoms with Gasteiger partial charge >= 0.3 is 0 Å². The van der Waals surface area contributed by atoms with E-state index in [0.29, 0.717) is 18.2 Å². The normalized spacial score (nSPS) is 19.7. The van der Waals surface area contributed by atoms with Crippen LogP contribution in [0.4, 0.5) is 5.95 Å². The van der Waals surface area contributed by atoms with Crippen molar-refractivity contribution in [3.8, 4) is 11.3 Å². The second-order valence-electron chi connectivity index (χ2n) is 9.03. The second-order valence-corrected chi connectivity index (χ2v) is 9.03. The van der Waals surface area contributed by atoms with E-state index in [1.807, 2.05) is 29.0 Å². The quantitative estimate of drug-likeness (QED) is 0.691. The van der Waals surface area contributed by atoms with Gasteiger partial charge in [0.25, 0.3) is 5.56 Å². The molecule has 2 aliphatic rings. The third-order valence-corrected chi connectivity index (χ3v) is 5.91. The first-order valence-corrected chi connectivity index (χ1v) is 10.2. The Bertz CT molecular complexity index is 1080. The number of aromatic nitrogens is 4. The highest BCUT2D eigenvalue weighted by Crippen LogP contribution is 2.33. The van der Waals surface area contributed by atoms with E-state index in [-0.39, 0.29) is 11.0 Å². The highest BCUT2D eigenvalue weighted by atomic mass is 16.1. The van der Waals surface area contributed by atoms with Gasteiger partial charge < -0.3 is 4.90 Å². The number of anilines is 1. The largest absolute Gasteiger partial charge is 0.341 e. The molecule has 3 aromatic rings. The van der Waals surface area contributed by atoms with Crippen molar-refractivity contribution >= 4 is 5.95 Å². The van der Waals surface area contributed by atoms with Crippen molar-refractivity contribution < 1.29 is 0 Å². The highest BCUT2D eigenvalue weighted by Gasteiger charge is 2.34. The molecule has 5 rings (SSSR count). The molecule has 0 fully saturated rings. The van der Waals surface area contributed by atoms with Crippen LogP contribution in [0.3, 0.4) is 0 Å². The Morgan fingerprint density at radius 3 is 2.72 bits per heavy atom. The number of nitrogens with zero attached hydrogens (tertiary/aromatic N) is 5. The van der Waals surface area contributed by atoms with E-state index in [0.717, 1.165) is 37.4 Å². The zero-order valence-electron chi connectivity index (χ0n) is 16.9. The molecular formula is C23H25N5O. The third kappa shape index (κ3) is 3.43. The molecule has 4 heterocycles. The van der Waals surface area contributed by atoms with Gasteiger partial charge in [0.15, 0.2) is 0 Å². The lowest BCUT2D eigenvalue weighted by molar-refractivity contribution is 0.268. The van der Waals surface area contributed by atoms with Crippen LogP contribution < -0.4 is 10.5 Å². The molecule has 0 unspecified atom stereocenters. The lowest BCUT2D eigenvalue weighted by Crippen LogP contribution is -2.49. The van der Waals surface area contributed by atoms with Gasteiger partial charge in [0.2, 0.25) is 5.95 Å². The van der Waals surface area contributed by atoms with Gasteiger partial charge in [-0.1, -0.05) is 19.9 Å². The average molecular weight is 387 g/mol. The first-order chi connectivity index (χ1) is 14.0. The number of hydrogen-bond donors (Lipinski definition) is 0. The lowest BCUT2D eigenvalue weighted by Gasteiger charge is -2.41. The minimum absolute atomic E-state index is 0.0101. The Morgan fingerprint density at radius 1 is 1.10 bits per heavy atom. The Labute approximate surface area is 170 Å². The van der Waals surface area contributed by atoms with E-state index in [4.69, 9.17) is 4.98 Å². The Kier molecular flexibility index (Phi) is 4.23. The molecular weight excluding hydrogens is 362 g/mol. The summed E-state index contributed by atoms with van der Waals surface area (Å²) in [5, 5.41) is 0. The van der Waals surface area contributed by atoms with E-state index in [1.54, 1.807) is 18.5 Å². The van der Waals surface area contributed by atoms with Crippen molar-refractivity contribution in [2.24, 2.45) is 11.3 Å². The van der Waals surface area contributed by atoms with Gasteiger partial charge in [-0.05, 0) is 42.5 Å². The molecule has 0 radical (unpaired) electrons. The molecule has 6 nitrogen and oxygen atoms in total. The molecule has 0 N–H and O–H groups in total. The van der Waals surface area contributed by atoms with Gasteiger partial charge in [-0.25, -0.2) is 4.98 Å². The Morgan fingerprint density at radius 2 is 1.93 bits per heavy atom. The molecule has 29 heavy (non-hydrogen) atoms. The summed E-state index contributed by atoms with van der Waals surface area (Å²) in [6, 6.07) is 9.64. The van der Waals surface area contributed by atoms with E-state index >= 15 is 0 Å². The molecule has 148 valence electrons. The molecule has 0 bridgehead atoms. The van der Waals surface area contributed by atoms with Crippen LogP contribution in [0.25, 0.3) is 11.3 Å². The summed E-state index contributed by atoms with van der Waals surface area (Å²) >= 11 is 0. The summed E-state index contributed by atoms with van der Waals surface area (Å²) in [5.74, 6) is 1.27. The van der Waals surface area contributed by atoms with Crippen LogP contribution in [-0.2, 0) is 19.4 Å². The predicted molar refractivity (Wildman–Crippen MR) is 113 cm³/mol. The molecule has 1 aliphatic carbocycles.